The van der Waals surface area contributed by atoms with Crippen molar-refractivity contribution >= 4 is 21.7 Å². The summed E-state index contributed by atoms with van der Waals surface area (Å²) in [5.41, 5.74) is 1.25. The van der Waals surface area contributed by atoms with Crippen LogP contribution in [0.1, 0.15) is 22.8 Å². The second-order valence-corrected chi connectivity index (χ2v) is 5.06. The number of benzene rings is 2. The van der Waals surface area contributed by atoms with E-state index >= 15 is 0 Å². The van der Waals surface area contributed by atoms with Gasteiger partial charge < -0.3 is 4.74 Å². The van der Waals surface area contributed by atoms with E-state index in [-0.39, 0.29) is 11.3 Å². The van der Waals surface area contributed by atoms with Crippen molar-refractivity contribution in [2.45, 2.75) is 13.8 Å². The van der Waals surface area contributed by atoms with Crippen LogP contribution in [0.25, 0.3) is 0 Å². The average Bonchev–Trinajstić information content (AvgIpc) is 2.36. The van der Waals surface area contributed by atoms with E-state index in [1.54, 1.807) is 6.07 Å². The Morgan fingerprint density at radius 2 is 1.95 bits per heavy atom. The number of rotatable bonds is 3. The zero-order chi connectivity index (χ0) is 14.0. The molecule has 0 unspecified atom stereocenters. The monoisotopic (exact) mass is 322 g/mol. The molecular formula is C15H12BrFO2. The third kappa shape index (κ3) is 3.20. The maximum Gasteiger partial charge on any atom is 0.163 e. The van der Waals surface area contributed by atoms with E-state index in [0.717, 1.165) is 10.0 Å². The Bertz CT molecular complexity index is 638. The highest BCUT2D eigenvalue weighted by molar-refractivity contribution is 9.10. The lowest BCUT2D eigenvalue weighted by atomic mass is 10.1. The molecule has 0 aromatic heterocycles. The number of ketones is 1. The van der Waals surface area contributed by atoms with Crippen molar-refractivity contribution in [3.63, 3.8) is 0 Å². The van der Waals surface area contributed by atoms with Gasteiger partial charge in [0.25, 0.3) is 0 Å². The van der Waals surface area contributed by atoms with Crippen LogP contribution >= 0.6 is 15.9 Å². The number of carbonyl (C=O) groups is 1. The summed E-state index contributed by atoms with van der Waals surface area (Å²) in [5, 5.41) is 0. The summed E-state index contributed by atoms with van der Waals surface area (Å²) >= 11 is 3.40. The van der Waals surface area contributed by atoms with Gasteiger partial charge in [-0.2, -0.15) is 0 Å². The largest absolute Gasteiger partial charge is 0.457 e. The van der Waals surface area contributed by atoms with Gasteiger partial charge >= 0.3 is 0 Å². The minimum absolute atomic E-state index is 0.233. The first-order valence-corrected chi connectivity index (χ1v) is 6.51. The van der Waals surface area contributed by atoms with Gasteiger partial charge in [-0.15, -0.1) is 0 Å². The number of halogens is 2. The minimum atomic E-state index is -0.454. The Labute approximate surface area is 119 Å². The number of ether oxygens (including phenoxy) is 1. The maximum absolute atomic E-state index is 13.1. The molecule has 98 valence electrons. The summed E-state index contributed by atoms with van der Waals surface area (Å²) < 4.78 is 19.8. The molecule has 2 aromatic rings. The third-order valence-corrected chi connectivity index (χ3v) is 3.57. The standard InChI is InChI=1S/C15H12BrFO2/c1-9-7-12(4-5-14(9)16)19-15-6-3-11(17)8-13(15)10(2)18/h3-8H,1-2H3. The van der Waals surface area contributed by atoms with Gasteiger partial charge in [0.1, 0.15) is 17.3 Å². The Balaban J connectivity index is 2.37. The van der Waals surface area contributed by atoms with Crippen LogP contribution in [-0.4, -0.2) is 5.78 Å². The molecule has 0 aliphatic carbocycles. The molecule has 2 aromatic carbocycles. The molecule has 0 heterocycles. The molecule has 0 aliphatic rings. The van der Waals surface area contributed by atoms with E-state index in [2.05, 4.69) is 15.9 Å². The predicted molar refractivity (Wildman–Crippen MR) is 75.4 cm³/mol. The molecule has 0 radical (unpaired) electrons. The second-order valence-electron chi connectivity index (χ2n) is 4.21. The molecule has 0 N–H and O–H groups in total. The quantitative estimate of drug-likeness (QED) is 0.752. The van der Waals surface area contributed by atoms with Crippen molar-refractivity contribution in [1.29, 1.82) is 0 Å². The molecule has 0 bridgehead atoms. The summed E-state index contributed by atoms with van der Waals surface area (Å²) in [6, 6.07) is 9.41. The number of hydrogen-bond acceptors (Lipinski definition) is 2. The summed E-state index contributed by atoms with van der Waals surface area (Å²) in [6.45, 7) is 3.32. The Kier molecular flexibility index (Phi) is 4.00. The summed E-state index contributed by atoms with van der Waals surface area (Å²) in [4.78, 5) is 11.5. The minimum Gasteiger partial charge on any atom is -0.457 e. The van der Waals surface area contributed by atoms with Crippen LogP contribution < -0.4 is 4.74 Å². The second kappa shape index (κ2) is 5.53. The molecule has 19 heavy (non-hydrogen) atoms. The van der Waals surface area contributed by atoms with Crippen LogP contribution in [0.15, 0.2) is 40.9 Å². The lowest BCUT2D eigenvalue weighted by molar-refractivity contribution is 0.101. The normalized spacial score (nSPS) is 10.3. The number of aryl methyl sites for hydroxylation is 1. The summed E-state index contributed by atoms with van der Waals surface area (Å²) in [6.07, 6.45) is 0. The van der Waals surface area contributed by atoms with Crippen LogP contribution in [0.4, 0.5) is 4.39 Å². The van der Waals surface area contributed by atoms with E-state index in [0.29, 0.717) is 11.5 Å². The fourth-order valence-corrected chi connectivity index (χ4v) is 1.92. The number of carbonyl (C=O) groups excluding carboxylic acids is 1. The van der Waals surface area contributed by atoms with Crippen LogP contribution in [0.5, 0.6) is 11.5 Å². The smallest absolute Gasteiger partial charge is 0.163 e. The van der Waals surface area contributed by atoms with Crippen LogP contribution in [-0.2, 0) is 0 Å². The molecule has 0 aliphatic heterocycles. The molecule has 0 atom stereocenters. The van der Waals surface area contributed by atoms with Crippen molar-refractivity contribution in [3.8, 4) is 11.5 Å². The van der Waals surface area contributed by atoms with E-state index in [1.165, 1.54) is 25.1 Å². The summed E-state index contributed by atoms with van der Waals surface area (Å²) in [7, 11) is 0. The van der Waals surface area contributed by atoms with Gasteiger partial charge in [0.15, 0.2) is 5.78 Å². The number of hydrogen-bond donors (Lipinski definition) is 0. The van der Waals surface area contributed by atoms with Gasteiger partial charge in [0, 0.05) is 4.47 Å². The molecule has 0 fully saturated rings. The Morgan fingerprint density at radius 1 is 1.21 bits per heavy atom. The van der Waals surface area contributed by atoms with Crippen molar-refractivity contribution in [2.24, 2.45) is 0 Å². The zero-order valence-corrected chi connectivity index (χ0v) is 12.1. The molecule has 0 spiro atoms. The highest BCUT2D eigenvalue weighted by Gasteiger charge is 2.11. The summed E-state index contributed by atoms with van der Waals surface area (Å²) in [5.74, 6) is 0.276. The molecule has 4 heteroatoms. The third-order valence-electron chi connectivity index (χ3n) is 2.68. The van der Waals surface area contributed by atoms with Gasteiger partial charge in [-0.25, -0.2) is 4.39 Å². The molecule has 0 saturated heterocycles. The zero-order valence-electron chi connectivity index (χ0n) is 10.5. The lowest BCUT2D eigenvalue weighted by Crippen LogP contribution is -1.98. The van der Waals surface area contributed by atoms with Gasteiger partial charge in [0.2, 0.25) is 0 Å². The fraction of sp³-hybridized carbons (Fsp3) is 0.133. The highest BCUT2D eigenvalue weighted by atomic mass is 79.9. The van der Waals surface area contributed by atoms with Gasteiger partial charge in [-0.1, -0.05) is 15.9 Å². The Hall–Kier alpha value is -1.68. The maximum atomic E-state index is 13.1. The van der Waals surface area contributed by atoms with Crippen molar-refractivity contribution in [1.82, 2.24) is 0 Å². The van der Waals surface area contributed by atoms with Crippen LogP contribution in [0, 0.1) is 12.7 Å². The van der Waals surface area contributed by atoms with Gasteiger partial charge in [-0.3, -0.25) is 4.79 Å². The molecule has 0 amide bonds. The predicted octanol–water partition coefficient (Wildman–Crippen LogP) is 4.89. The molecule has 2 rings (SSSR count). The van der Waals surface area contributed by atoms with Crippen LogP contribution in [0.2, 0.25) is 0 Å². The average molecular weight is 323 g/mol. The fourth-order valence-electron chi connectivity index (χ4n) is 1.67. The first kappa shape index (κ1) is 13.7. The van der Waals surface area contributed by atoms with E-state index in [9.17, 15) is 9.18 Å². The van der Waals surface area contributed by atoms with E-state index < -0.39 is 5.82 Å². The van der Waals surface area contributed by atoms with Crippen LogP contribution in [0.3, 0.4) is 0 Å². The first-order valence-electron chi connectivity index (χ1n) is 5.72. The highest BCUT2D eigenvalue weighted by Crippen LogP contribution is 2.29. The first-order chi connectivity index (χ1) is 8.97. The van der Waals surface area contributed by atoms with Crippen molar-refractivity contribution in [3.05, 3.63) is 57.8 Å². The van der Waals surface area contributed by atoms with Crippen molar-refractivity contribution in [2.75, 3.05) is 0 Å². The van der Waals surface area contributed by atoms with E-state index in [4.69, 9.17) is 4.74 Å². The van der Waals surface area contributed by atoms with Crippen molar-refractivity contribution < 1.29 is 13.9 Å². The van der Waals surface area contributed by atoms with E-state index in [1.807, 2.05) is 19.1 Å². The molecular weight excluding hydrogens is 311 g/mol. The molecule has 2 nitrogen and oxygen atoms in total. The topological polar surface area (TPSA) is 26.3 Å². The SMILES string of the molecule is CC(=O)c1cc(F)ccc1Oc1ccc(Br)c(C)c1. The van der Waals surface area contributed by atoms with Gasteiger partial charge in [0.05, 0.1) is 5.56 Å². The Morgan fingerprint density at radius 3 is 2.58 bits per heavy atom. The van der Waals surface area contributed by atoms with Gasteiger partial charge in [-0.05, 0) is 55.8 Å². The molecule has 0 saturated carbocycles. The lowest BCUT2D eigenvalue weighted by Gasteiger charge is -2.10. The number of Topliss-reactive ketones (excluding diaryl/α,β-unsaturated/α-hetero) is 1.